The standard InChI is InChI=1S/C17H21F3N6O3/c1-10-9-28-6-5-24(10)14-7-15(27)25-4-3-12(17(18,19)20)26(16(25)22-14)8-13-21-11(2)29-23-13/h7,10,12H,3-6,8-9H2,1-2H3. The minimum atomic E-state index is -4.50. The Labute approximate surface area is 164 Å². The zero-order valence-corrected chi connectivity index (χ0v) is 16.0. The molecule has 0 bridgehead atoms. The van der Waals surface area contributed by atoms with Crippen LogP contribution in [0.1, 0.15) is 25.1 Å². The van der Waals surface area contributed by atoms with E-state index in [0.717, 1.165) is 4.90 Å². The Hall–Kier alpha value is -2.63. The first kappa shape index (κ1) is 19.7. The Morgan fingerprint density at radius 2 is 2.07 bits per heavy atom. The van der Waals surface area contributed by atoms with Crippen molar-refractivity contribution in [2.45, 2.75) is 51.6 Å². The summed E-state index contributed by atoms with van der Waals surface area (Å²) in [4.78, 5) is 24.1. The molecule has 0 N–H and O–H groups in total. The number of halogens is 3. The number of fused-ring (bicyclic) bond motifs is 1. The molecule has 1 fully saturated rings. The van der Waals surface area contributed by atoms with E-state index < -0.39 is 17.8 Å². The molecule has 2 unspecified atom stereocenters. The van der Waals surface area contributed by atoms with Crippen LogP contribution in [0.5, 0.6) is 0 Å². The molecule has 0 saturated carbocycles. The Morgan fingerprint density at radius 1 is 1.28 bits per heavy atom. The van der Waals surface area contributed by atoms with Crippen LogP contribution in [0.3, 0.4) is 0 Å². The van der Waals surface area contributed by atoms with E-state index in [1.54, 1.807) is 6.92 Å². The van der Waals surface area contributed by atoms with Gasteiger partial charge < -0.3 is 19.1 Å². The Balaban J connectivity index is 1.78. The van der Waals surface area contributed by atoms with Crippen LogP contribution in [0.15, 0.2) is 15.4 Å². The number of rotatable bonds is 3. The van der Waals surface area contributed by atoms with Gasteiger partial charge in [0.05, 0.1) is 25.8 Å². The van der Waals surface area contributed by atoms with Crippen LogP contribution in [-0.2, 0) is 17.8 Å². The van der Waals surface area contributed by atoms with Gasteiger partial charge in [-0.1, -0.05) is 5.16 Å². The van der Waals surface area contributed by atoms with E-state index in [9.17, 15) is 18.0 Å². The van der Waals surface area contributed by atoms with Crippen LogP contribution in [0.4, 0.5) is 24.9 Å². The molecule has 2 aliphatic heterocycles. The molecule has 4 rings (SSSR count). The Kier molecular flexibility index (Phi) is 4.97. The fourth-order valence-electron chi connectivity index (χ4n) is 3.75. The van der Waals surface area contributed by atoms with Gasteiger partial charge in [0.25, 0.3) is 5.56 Å². The summed E-state index contributed by atoms with van der Waals surface area (Å²) in [6.45, 7) is 4.56. The fraction of sp³-hybridized carbons (Fsp3) is 0.647. The second-order valence-electron chi connectivity index (χ2n) is 7.23. The molecule has 0 amide bonds. The van der Waals surface area contributed by atoms with Crippen LogP contribution in [0.2, 0.25) is 0 Å². The highest BCUT2D eigenvalue weighted by atomic mass is 19.4. The molecule has 158 valence electrons. The van der Waals surface area contributed by atoms with E-state index in [0.29, 0.717) is 25.6 Å². The topological polar surface area (TPSA) is 89.5 Å². The minimum absolute atomic E-state index is 0.0396. The summed E-state index contributed by atoms with van der Waals surface area (Å²) in [5.74, 6) is 0.655. The molecule has 2 aromatic rings. The highest BCUT2D eigenvalue weighted by molar-refractivity contribution is 5.47. The lowest BCUT2D eigenvalue weighted by molar-refractivity contribution is -0.153. The third-order valence-electron chi connectivity index (χ3n) is 5.15. The number of morpholine rings is 1. The van der Waals surface area contributed by atoms with Gasteiger partial charge in [0, 0.05) is 26.1 Å². The summed E-state index contributed by atoms with van der Waals surface area (Å²) in [6.07, 6.45) is -4.76. The quantitative estimate of drug-likeness (QED) is 0.747. The summed E-state index contributed by atoms with van der Waals surface area (Å²) in [6, 6.07) is -0.477. The van der Waals surface area contributed by atoms with Gasteiger partial charge in [0.2, 0.25) is 11.8 Å². The van der Waals surface area contributed by atoms with Crippen molar-refractivity contribution in [2.24, 2.45) is 0 Å². The zero-order chi connectivity index (χ0) is 20.8. The number of anilines is 2. The smallest absolute Gasteiger partial charge is 0.377 e. The number of hydrogen-bond acceptors (Lipinski definition) is 8. The maximum Gasteiger partial charge on any atom is 0.408 e. The summed E-state index contributed by atoms with van der Waals surface area (Å²) < 4.78 is 52.9. The van der Waals surface area contributed by atoms with Gasteiger partial charge in [0.15, 0.2) is 5.82 Å². The molecule has 2 atom stereocenters. The average Bonchev–Trinajstić information content (AvgIpc) is 3.06. The summed E-state index contributed by atoms with van der Waals surface area (Å²) in [5, 5.41) is 3.71. The molecule has 0 spiro atoms. The zero-order valence-electron chi connectivity index (χ0n) is 16.0. The molecule has 12 heteroatoms. The molecule has 2 aromatic heterocycles. The van der Waals surface area contributed by atoms with Crippen molar-refractivity contribution in [1.82, 2.24) is 19.7 Å². The molecular weight excluding hydrogens is 393 g/mol. The van der Waals surface area contributed by atoms with Crippen molar-refractivity contribution in [3.8, 4) is 0 Å². The number of alkyl halides is 3. The van der Waals surface area contributed by atoms with Crippen LogP contribution in [-0.4, -0.2) is 57.7 Å². The molecule has 2 aliphatic rings. The first-order valence-electron chi connectivity index (χ1n) is 9.33. The van der Waals surface area contributed by atoms with E-state index in [-0.39, 0.29) is 43.2 Å². The van der Waals surface area contributed by atoms with E-state index >= 15 is 0 Å². The number of aromatic nitrogens is 4. The lowest BCUT2D eigenvalue weighted by atomic mass is 10.1. The second kappa shape index (κ2) is 7.32. The third-order valence-corrected chi connectivity index (χ3v) is 5.15. The van der Waals surface area contributed by atoms with E-state index in [1.807, 2.05) is 11.8 Å². The summed E-state index contributed by atoms with van der Waals surface area (Å²) >= 11 is 0. The number of nitrogens with zero attached hydrogens (tertiary/aromatic N) is 6. The lowest BCUT2D eigenvalue weighted by Gasteiger charge is -2.40. The van der Waals surface area contributed by atoms with Crippen molar-refractivity contribution >= 4 is 11.8 Å². The maximum absolute atomic E-state index is 13.8. The molecule has 0 aliphatic carbocycles. The molecule has 9 nitrogen and oxygen atoms in total. The molecule has 1 saturated heterocycles. The second-order valence-corrected chi connectivity index (χ2v) is 7.23. The highest BCUT2D eigenvalue weighted by Crippen LogP contribution is 2.35. The van der Waals surface area contributed by atoms with Crippen LogP contribution in [0.25, 0.3) is 0 Å². The minimum Gasteiger partial charge on any atom is -0.377 e. The van der Waals surface area contributed by atoms with Crippen LogP contribution < -0.4 is 15.4 Å². The van der Waals surface area contributed by atoms with Crippen LogP contribution >= 0.6 is 0 Å². The molecule has 4 heterocycles. The van der Waals surface area contributed by atoms with Crippen molar-refractivity contribution in [3.05, 3.63) is 28.1 Å². The predicted molar refractivity (Wildman–Crippen MR) is 95.8 cm³/mol. The van der Waals surface area contributed by atoms with Gasteiger partial charge in [0.1, 0.15) is 11.9 Å². The summed E-state index contributed by atoms with van der Waals surface area (Å²) in [7, 11) is 0. The van der Waals surface area contributed by atoms with Gasteiger partial charge >= 0.3 is 6.18 Å². The van der Waals surface area contributed by atoms with E-state index in [1.165, 1.54) is 10.6 Å². The lowest BCUT2D eigenvalue weighted by Crippen LogP contribution is -2.52. The number of hydrogen-bond donors (Lipinski definition) is 0. The van der Waals surface area contributed by atoms with Crippen molar-refractivity contribution < 1.29 is 22.4 Å². The molecule has 0 aromatic carbocycles. The molecule has 29 heavy (non-hydrogen) atoms. The van der Waals surface area contributed by atoms with Gasteiger partial charge in [-0.3, -0.25) is 9.36 Å². The third kappa shape index (κ3) is 3.80. The first-order chi connectivity index (χ1) is 13.7. The largest absolute Gasteiger partial charge is 0.408 e. The average molecular weight is 414 g/mol. The highest BCUT2D eigenvalue weighted by Gasteiger charge is 2.47. The van der Waals surface area contributed by atoms with Crippen molar-refractivity contribution in [2.75, 3.05) is 29.6 Å². The van der Waals surface area contributed by atoms with Gasteiger partial charge in [-0.15, -0.1) is 0 Å². The van der Waals surface area contributed by atoms with Crippen LogP contribution in [0, 0.1) is 6.92 Å². The van der Waals surface area contributed by atoms with Gasteiger partial charge in [-0.25, -0.2) is 0 Å². The van der Waals surface area contributed by atoms with Crippen molar-refractivity contribution in [3.63, 3.8) is 0 Å². The molecule has 0 radical (unpaired) electrons. The van der Waals surface area contributed by atoms with E-state index in [4.69, 9.17) is 9.26 Å². The van der Waals surface area contributed by atoms with Gasteiger partial charge in [-0.2, -0.15) is 23.1 Å². The predicted octanol–water partition coefficient (Wildman–Crippen LogP) is 1.50. The number of aryl methyl sites for hydroxylation is 1. The monoisotopic (exact) mass is 414 g/mol. The SMILES string of the molecule is Cc1nc(CN2c3nc(N4CCOCC4C)cc(=O)n3CCC2C(F)(F)F)no1. The Morgan fingerprint density at radius 3 is 2.72 bits per heavy atom. The van der Waals surface area contributed by atoms with E-state index in [2.05, 4.69) is 15.1 Å². The first-order valence-corrected chi connectivity index (χ1v) is 9.33. The fourth-order valence-corrected chi connectivity index (χ4v) is 3.75. The van der Waals surface area contributed by atoms with Gasteiger partial charge in [-0.05, 0) is 13.3 Å². The maximum atomic E-state index is 13.8. The number of ether oxygens (including phenoxy) is 1. The summed E-state index contributed by atoms with van der Waals surface area (Å²) in [5.41, 5.74) is -0.390. The van der Waals surface area contributed by atoms with Crippen molar-refractivity contribution in [1.29, 1.82) is 0 Å². The normalized spacial score (nSPS) is 22.7. The Bertz CT molecular complexity index is 943. The molecular formula is C17H21F3N6O3.